The van der Waals surface area contributed by atoms with Crippen LogP contribution in [0.3, 0.4) is 0 Å². The van der Waals surface area contributed by atoms with Crippen LogP contribution in [0.15, 0.2) is 0 Å². The van der Waals surface area contributed by atoms with Crippen LogP contribution < -0.4 is 5.32 Å². The fourth-order valence-corrected chi connectivity index (χ4v) is 3.02. The Morgan fingerprint density at radius 3 is 3.20 bits per heavy atom. The standard InChI is InChI=1S/C6H13NOS2/c1-5(8)4-10-6-7-2-3-9-6/h5-8H,2-4H2,1H3. The van der Waals surface area contributed by atoms with Crippen molar-refractivity contribution >= 4 is 23.5 Å². The van der Waals surface area contributed by atoms with Gasteiger partial charge in [0.15, 0.2) is 0 Å². The zero-order valence-electron chi connectivity index (χ0n) is 6.04. The minimum Gasteiger partial charge on any atom is -0.393 e. The lowest BCUT2D eigenvalue weighted by Crippen LogP contribution is -2.18. The fourth-order valence-electron chi connectivity index (χ4n) is 0.735. The van der Waals surface area contributed by atoms with Crippen LogP contribution in [0.4, 0.5) is 0 Å². The van der Waals surface area contributed by atoms with Gasteiger partial charge in [-0.2, -0.15) is 0 Å². The van der Waals surface area contributed by atoms with E-state index in [2.05, 4.69) is 5.32 Å². The lowest BCUT2D eigenvalue weighted by molar-refractivity contribution is 0.220. The van der Waals surface area contributed by atoms with Crippen LogP contribution >= 0.6 is 23.5 Å². The third-order valence-corrected chi connectivity index (χ3v) is 4.04. The molecule has 1 aliphatic heterocycles. The summed E-state index contributed by atoms with van der Waals surface area (Å²) in [5.41, 5.74) is 0. The van der Waals surface area contributed by atoms with Gasteiger partial charge in [-0.25, -0.2) is 0 Å². The second-order valence-corrected chi connectivity index (χ2v) is 4.99. The third kappa shape index (κ3) is 3.14. The summed E-state index contributed by atoms with van der Waals surface area (Å²) in [5, 5.41) is 12.3. The molecule has 1 aliphatic rings. The molecule has 4 heteroatoms. The molecule has 2 atom stereocenters. The first kappa shape index (κ1) is 8.71. The van der Waals surface area contributed by atoms with Crippen molar-refractivity contribution in [1.29, 1.82) is 0 Å². The highest BCUT2D eigenvalue weighted by atomic mass is 32.2. The second kappa shape index (κ2) is 4.49. The average molecular weight is 179 g/mol. The van der Waals surface area contributed by atoms with Crippen molar-refractivity contribution in [1.82, 2.24) is 5.32 Å². The highest BCUT2D eigenvalue weighted by Gasteiger charge is 2.14. The van der Waals surface area contributed by atoms with Crippen LogP contribution in [0.1, 0.15) is 6.92 Å². The average Bonchev–Trinajstić information content (AvgIpc) is 2.34. The number of aliphatic hydroxyl groups excluding tert-OH is 1. The maximum Gasteiger partial charge on any atom is 0.100 e. The molecule has 1 fully saturated rings. The van der Waals surface area contributed by atoms with E-state index in [0.29, 0.717) is 4.71 Å². The largest absolute Gasteiger partial charge is 0.393 e. The number of thioether (sulfide) groups is 2. The van der Waals surface area contributed by atoms with Gasteiger partial charge in [0.05, 0.1) is 6.10 Å². The van der Waals surface area contributed by atoms with Crippen molar-refractivity contribution in [3.63, 3.8) is 0 Å². The van der Waals surface area contributed by atoms with Gasteiger partial charge in [-0.15, -0.1) is 23.5 Å². The van der Waals surface area contributed by atoms with E-state index in [1.54, 1.807) is 11.8 Å². The highest BCUT2D eigenvalue weighted by molar-refractivity contribution is 8.17. The van der Waals surface area contributed by atoms with Crippen LogP contribution in [0.2, 0.25) is 0 Å². The molecule has 2 unspecified atom stereocenters. The molecule has 10 heavy (non-hydrogen) atoms. The van der Waals surface area contributed by atoms with Gasteiger partial charge >= 0.3 is 0 Å². The monoisotopic (exact) mass is 179 g/mol. The molecule has 1 saturated heterocycles. The van der Waals surface area contributed by atoms with Crippen molar-refractivity contribution in [2.45, 2.75) is 17.7 Å². The molecule has 0 aromatic heterocycles. The molecular weight excluding hydrogens is 166 g/mol. The molecule has 0 aliphatic carbocycles. The van der Waals surface area contributed by atoms with E-state index in [0.717, 1.165) is 12.3 Å². The van der Waals surface area contributed by atoms with Gasteiger partial charge < -0.3 is 5.11 Å². The summed E-state index contributed by atoms with van der Waals surface area (Å²) in [6, 6.07) is 0. The molecule has 0 amide bonds. The van der Waals surface area contributed by atoms with E-state index < -0.39 is 0 Å². The van der Waals surface area contributed by atoms with Crippen molar-refractivity contribution in [3.8, 4) is 0 Å². The first-order chi connectivity index (χ1) is 4.79. The zero-order chi connectivity index (χ0) is 7.40. The molecule has 0 radical (unpaired) electrons. The minimum atomic E-state index is -0.173. The smallest absolute Gasteiger partial charge is 0.100 e. The number of hydrogen-bond donors (Lipinski definition) is 2. The molecule has 0 aromatic rings. The topological polar surface area (TPSA) is 32.3 Å². The molecule has 0 spiro atoms. The quantitative estimate of drug-likeness (QED) is 0.669. The third-order valence-electron chi connectivity index (χ3n) is 1.17. The van der Waals surface area contributed by atoms with Crippen LogP contribution in [0.25, 0.3) is 0 Å². The van der Waals surface area contributed by atoms with E-state index in [9.17, 15) is 0 Å². The van der Waals surface area contributed by atoms with E-state index in [-0.39, 0.29) is 6.10 Å². The van der Waals surface area contributed by atoms with Gasteiger partial charge in [0.2, 0.25) is 0 Å². The summed E-state index contributed by atoms with van der Waals surface area (Å²) >= 11 is 3.72. The lowest BCUT2D eigenvalue weighted by atomic mass is 10.5. The Hall–Kier alpha value is 0.620. The van der Waals surface area contributed by atoms with Gasteiger partial charge in [-0.1, -0.05) is 0 Å². The van der Waals surface area contributed by atoms with Gasteiger partial charge in [-0.05, 0) is 6.92 Å². The summed E-state index contributed by atoms with van der Waals surface area (Å²) in [6.45, 7) is 2.94. The summed E-state index contributed by atoms with van der Waals surface area (Å²) in [4.78, 5) is 0. The van der Waals surface area contributed by atoms with Crippen molar-refractivity contribution in [2.24, 2.45) is 0 Å². The lowest BCUT2D eigenvalue weighted by Gasteiger charge is -2.09. The first-order valence-electron chi connectivity index (χ1n) is 3.43. The van der Waals surface area contributed by atoms with E-state index in [4.69, 9.17) is 5.11 Å². The Balaban J connectivity index is 2.01. The van der Waals surface area contributed by atoms with Crippen molar-refractivity contribution in [2.75, 3.05) is 18.1 Å². The van der Waals surface area contributed by atoms with Gasteiger partial charge in [0.1, 0.15) is 4.71 Å². The molecule has 0 aromatic carbocycles. The number of rotatable bonds is 3. The van der Waals surface area contributed by atoms with Crippen molar-refractivity contribution < 1.29 is 5.11 Å². The SMILES string of the molecule is CC(O)CSC1NCCS1. The van der Waals surface area contributed by atoms with Crippen LogP contribution in [0.5, 0.6) is 0 Å². The van der Waals surface area contributed by atoms with Crippen LogP contribution in [-0.4, -0.2) is 34.0 Å². The molecule has 0 saturated carbocycles. The van der Waals surface area contributed by atoms with Gasteiger partial charge in [0.25, 0.3) is 0 Å². The predicted molar refractivity (Wildman–Crippen MR) is 48.4 cm³/mol. The summed E-state index contributed by atoms with van der Waals surface area (Å²) in [6.07, 6.45) is -0.173. The number of hydrogen-bond acceptors (Lipinski definition) is 4. The molecule has 2 nitrogen and oxygen atoms in total. The Kier molecular flexibility index (Phi) is 3.91. The summed E-state index contributed by atoms with van der Waals surface area (Å²) in [5.74, 6) is 2.04. The predicted octanol–water partition coefficient (Wildman–Crippen LogP) is 0.720. The Labute approximate surface area is 70.1 Å². The molecule has 1 rings (SSSR count). The van der Waals surface area contributed by atoms with E-state index in [1.807, 2.05) is 18.7 Å². The molecule has 60 valence electrons. The Morgan fingerprint density at radius 1 is 1.90 bits per heavy atom. The minimum absolute atomic E-state index is 0.173. The van der Waals surface area contributed by atoms with E-state index >= 15 is 0 Å². The molecule has 1 heterocycles. The Morgan fingerprint density at radius 2 is 2.70 bits per heavy atom. The number of aliphatic hydroxyl groups is 1. The van der Waals surface area contributed by atoms with Gasteiger partial charge in [-0.3, -0.25) is 5.32 Å². The maximum atomic E-state index is 8.95. The molecular formula is C6H13NOS2. The van der Waals surface area contributed by atoms with Crippen LogP contribution in [0, 0.1) is 0 Å². The normalized spacial score (nSPS) is 28.8. The van der Waals surface area contributed by atoms with E-state index in [1.165, 1.54) is 5.75 Å². The van der Waals surface area contributed by atoms with Crippen molar-refractivity contribution in [3.05, 3.63) is 0 Å². The zero-order valence-corrected chi connectivity index (χ0v) is 7.67. The summed E-state index contributed by atoms with van der Waals surface area (Å²) < 4.78 is 0.523. The molecule has 2 N–H and O–H groups in total. The maximum absolute atomic E-state index is 8.95. The first-order valence-corrected chi connectivity index (χ1v) is 5.53. The Bertz CT molecular complexity index is 93.7. The van der Waals surface area contributed by atoms with Gasteiger partial charge in [0, 0.05) is 18.1 Å². The highest BCUT2D eigenvalue weighted by Crippen LogP contribution is 2.25. The summed E-state index contributed by atoms with van der Waals surface area (Å²) in [7, 11) is 0. The molecule has 0 bridgehead atoms. The fraction of sp³-hybridized carbons (Fsp3) is 1.00. The van der Waals surface area contributed by atoms with Crippen LogP contribution in [-0.2, 0) is 0 Å². The number of nitrogens with one attached hydrogen (secondary N) is 1. The second-order valence-electron chi connectivity index (χ2n) is 2.34.